The summed E-state index contributed by atoms with van der Waals surface area (Å²) in [6.45, 7) is 8.89. The first kappa shape index (κ1) is 26.1. The van der Waals surface area contributed by atoms with E-state index in [-0.39, 0.29) is 47.9 Å². The normalized spacial score (nSPS) is 17.4. The van der Waals surface area contributed by atoms with Crippen LogP contribution in [0.5, 0.6) is 0 Å². The van der Waals surface area contributed by atoms with E-state index in [1.807, 2.05) is 0 Å². The third-order valence-corrected chi connectivity index (χ3v) is 5.83. The third-order valence-electron chi connectivity index (χ3n) is 4.51. The highest BCUT2D eigenvalue weighted by Crippen LogP contribution is 2.25. The van der Waals surface area contributed by atoms with Crippen molar-refractivity contribution in [3.8, 4) is 0 Å². The monoisotopic (exact) mass is 537 g/mol. The summed E-state index contributed by atoms with van der Waals surface area (Å²) >= 11 is 1.71. The fraction of sp³-hybridized carbons (Fsp3) is 0.750. The van der Waals surface area contributed by atoms with Crippen molar-refractivity contribution in [1.29, 1.82) is 0 Å². The van der Waals surface area contributed by atoms with Crippen LogP contribution in [0.1, 0.15) is 50.7 Å². The Morgan fingerprint density at radius 2 is 2.10 bits per heavy atom. The lowest BCUT2D eigenvalue weighted by molar-refractivity contribution is -0.127. The number of carbonyl (C=O) groups is 1. The van der Waals surface area contributed by atoms with Crippen LogP contribution in [0.2, 0.25) is 0 Å². The highest BCUT2D eigenvalue weighted by molar-refractivity contribution is 14.0. The minimum Gasteiger partial charge on any atom is -0.376 e. The van der Waals surface area contributed by atoms with Gasteiger partial charge < -0.3 is 20.3 Å². The first-order valence-electron chi connectivity index (χ1n) is 10.0. The number of hydrogen-bond acceptors (Lipinski definition) is 5. The second-order valence-electron chi connectivity index (χ2n) is 8.39. The van der Waals surface area contributed by atoms with Crippen LogP contribution < -0.4 is 10.6 Å². The first-order valence-corrected chi connectivity index (χ1v) is 10.9. The molecule has 2 heterocycles. The predicted molar refractivity (Wildman–Crippen MR) is 131 cm³/mol. The van der Waals surface area contributed by atoms with Gasteiger partial charge in [-0.15, -0.1) is 35.3 Å². The van der Waals surface area contributed by atoms with Crippen LogP contribution in [-0.2, 0) is 21.4 Å². The highest BCUT2D eigenvalue weighted by Gasteiger charge is 2.18. The number of carbonyl (C=O) groups excluding carboxylic acids is 1. The number of aliphatic imine (C=N–C) groups is 1. The summed E-state index contributed by atoms with van der Waals surface area (Å²) in [5.41, 5.74) is 1.17. The van der Waals surface area contributed by atoms with Gasteiger partial charge in [0.25, 0.3) is 0 Å². The first-order chi connectivity index (χ1) is 13.3. The Morgan fingerprint density at radius 1 is 1.34 bits per heavy atom. The second-order valence-corrected chi connectivity index (χ2v) is 9.25. The maximum atomic E-state index is 11.9. The number of nitrogens with zero attached hydrogens (tertiary/aromatic N) is 3. The predicted octanol–water partition coefficient (Wildman–Crippen LogP) is 2.79. The Hall–Kier alpha value is -0.940. The average molecular weight is 538 g/mol. The topological polar surface area (TPSA) is 78.9 Å². The van der Waals surface area contributed by atoms with E-state index in [9.17, 15) is 4.79 Å². The summed E-state index contributed by atoms with van der Waals surface area (Å²) in [6, 6.07) is 0. The van der Waals surface area contributed by atoms with Gasteiger partial charge in [-0.05, 0) is 19.3 Å². The number of rotatable bonds is 7. The van der Waals surface area contributed by atoms with Gasteiger partial charge in [-0.3, -0.25) is 4.79 Å². The lowest BCUT2D eigenvalue weighted by Gasteiger charge is -2.24. The van der Waals surface area contributed by atoms with Crippen LogP contribution in [0, 0.1) is 0 Å². The molecule has 7 nitrogen and oxygen atoms in total. The molecule has 1 aliphatic heterocycles. The molecule has 1 atom stereocenters. The molecule has 0 saturated carbocycles. The minimum atomic E-state index is -0.0238. The summed E-state index contributed by atoms with van der Waals surface area (Å²) in [7, 11) is 3.48. The fourth-order valence-electron chi connectivity index (χ4n) is 2.72. The number of guanidine groups is 1. The summed E-state index contributed by atoms with van der Waals surface area (Å²) < 4.78 is 5.77. The van der Waals surface area contributed by atoms with Crippen molar-refractivity contribution >= 4 is 47.2 Å². The Labute approximate surface area is 196 Å². The zero-order valence-corrected chi connectivity index (χ0v) is 21.4. The Kier molecular flexibility index (Phi) is 11.4. The van der Waals surface area contributed by atoms with Crippen LogP contribution in [-0.4, -0.2) is 68.2 Å². The van der Waals surface area contributed by atoms with Gasteiger partial charge in [-0.1, -0.05) is 20.8 Å². The Morgan fingerprint density at radius 3 is 2.69 bits per heavy atom. The number of thiazole rings is 1. The van der Waals surface area contributed by atoms with Gasteiger partial charge in [-0.25, -0.2) is 9.98 Å². The van der Waals surface area contributed by atoms with Gasteiger partial charge in [0.1, 0.15) is 6.54 Å². The summed E-state index contributed by atoms with van der Waals surface area (Å²) in [5, 5.41) is 9.93. The molecule has 2 rings (SSSR count). The Balaban J connectivity index is 0.00000420. The molecule has 1 saturated heterocycles. The molecule has 29 heavy (non-hydrogen) atoms. The SMILES string of the molecule is CN(C)C(=O)CN=C(NCCc1csc(C(C)(C)C)n1)NCC1CCCCO1.I. The molecule has 166 valence electrons. The minimum absolute atomic E-state index is 0. The molecule has 1 aliphatic rings. The molecule has 0 radical (unpaired) electrons. The van der Waals surface area contributed by atoms with Gasteiger partial charge in [0.2, 0.25) is 5.91 Å². The van der Waals surface area contributed by atoms with Crippen LogP contribution in [0.4, 0.5) is 0 Å². The number of nitrogens with one attached hydrogen (secondary N) is 2. The van der Waals surface area contributed by atoms with Crippen LogP contribution in [0.3, 0.4) is 0 Å². The van der Waals surface area contributed by atoms with Gasteiger partial charge >= 0.3 is 0 Å². The molecule has 1 aromatic rings. The van der Waals surface area contributed by atoms with Crippen LogP contribution >= 0.6 is 35.3 Å². The summed E-state index contributed by atoms with van der Waals surface area (Å²) in [5.74, 6) is 0.625. The molecule has 1 aromatic heterocycles. The fourth-order valence-corrected chi connectivity index (χ4v) is 3.66. The van der Waals surface area contributed by atoms with E-state index in [0.29, 0.717) is 19.0 Å². The number of amides is 1. The zero-order valence-electron chi connectivity index (χ0n) is 18.3. The lowest BCUT2D eigenvalue weighted by atomic mass is 9.98. The van der Waals surface area contributed by atoms with Crippen molar-refractivity contribution in [3.05, 3.63) is 16.1 Å². The molecule has 0 aliphatic carbocycles. The van der Waals surface area contributed by atoms with Gasteiger partial charge in [0.15, 0.2) is 5.96 Å². The average Bonchev–Trinajstić information content (AvgIpc) is 3.13. The maximum absolute atomic E-state index is 11.9. The molecule has 2 N–H and O–H groups in total. The van der Waals surface area contributed by atoms with E-state index >= 15 is 0 Å². The van der Waals surface area contributed by atoms with Crippen molar-refractivity contribution in [1.82, 2.24) is 20.5 Å². The van der Waals surface area contributed by atoms with Gasteiger partial charge in [0.05, 0.1) is 16.8 Å². The van der Waals surface area contributed by atoms with Crippen molar-refractivity contribution in [3.63, 3.8) is 0 Å². The smallest absolute Gasteiger partial charge is 0.243 e. The van der Waals surface area contributed by atoms with E-state index in [1.165, 1.54) is 6.42 Å². The number of ether oxygens (including phenoxy) is 1. The number of likely N-dealkylation sites (N-methyl/N-ethyl adjacent to an activating group) is 1. The van der Waals surface area contributed by atoms with E-state index < -0.39 is 0 Å². The maximum Gasteiger partial charge on any atom is 0.243 e. The molecule has 0 spiro atoms. The van der Waals surface area contributed by atoms with E-state index in [4.69, 9.17) is 9.72 Å². The van der Waals surface area contributed by atoms with E-state index in [2.05, 4.69) is 41.8 Å². The molecule has 9 heteroatoms. The van der Waals surface area contributed by atoms with Crippen molar-refractivity contribution in [2.45, 2.75) is 58.0 Å². The van der Waals surface area contributed by atoms with Crippen molar-refractivity contribution < 1.29 is 9.53 Å². The largest absolute Gasteiger partial charge is 0.376 e. The zero-order chi connectivity index (χ0) is 20.6. The van der Waals surface area contributed by atoms with Gasteiger partial charge in [0, 0.05) is 51.0 Å². The van der Waals surface area contributed by atoms with Crippen molar-refractivity contribution in [2.75, 3.05) is 40.3 Å². The molecular formula is C20H36IN5O2S. The number of aromatic nitrogens is 1. The van der Waals surface area contributed by atoms with E-state index in [1.54, 1.807) is 30.3 Å². The number of halogens is 1. The molecule has 1 unspecified atom stereocenters. The molecule has 1 fully saturated rings. The Bertz CT molecular complexity index is 652. The summed E-state index contributed by atoms with van der Waals surface area (Å²) in [6.07, 6.45) is 4.42. The van der Waals surface area contributed by atoms with Crippen LogP contribution in [0.15, 0.2) is 10.4 Å². The molecule has 0 aromatic carbocycles. The highest BCUT2D eigenvalue weighted by atomic mass is 127. The van der Waals surface area contributed by atoms with E-state index in [0.717, 1.165) is 36.6 Å². The third kappa shape index (κ3) is 9.61. The van der Waals surface area contributed by atoms with Crippen molar-refractivity contribution in [2.24, 2.45) is 4.99 Å². The quantitative estimate of drug-likeness (QED) is 0.318. The van der Waals surface area contributed by atoms with Gasteiger partial charge in [-0.2, -0.15) is 0 Å². The molecular weight excluding hydrogens is 501 g/mol. The lowest BCUT2D eigenvalue weighted by Crippen LogP contribution is -2.43. The van der Waals surface area contributed by atoms with Crippen LogP contribution in [0.25, 0.3) is 0 Å². The molecule has 0 bridgehead atoms. The standard InChI is InChI=1S/C20H35N5O2S.HI/c1-20(2,3)18-24-15(14-28-18)9-10-21-19(23-13-17(26)25(4)5)22-12-16-8-6-7-11-27-16;/h14,16H,6-13H2,1-5H3,(H2,21,22,23);1H. The molecule has 1 amide bonds. The summed E-state index contributed by atoms with van der Waals surface area (Å²) in [4.78, 5) is 22.6. The number of hydrogen-bond donors (Lipinski definition) is 2. The second kappa shape index (κ2) is 12.7.